The number of hydrogen-bond donors (Lipinski definition) is 1. The van der Waals surface area contributed by atoms with Gasteiger partial charge in [0.1, 0.15) is 6.04 Å². The summed E-state index contributed by atoms with van der Waals surface area (Å²) < 4.78 is 29.7. The molecule has 1 N–H and O–H groups in total. The van der Waals surface area contributed by atoms with Crippen LogP contribution in [0.2, 0.25) is 0 Å². The Morgan fingerprint density at radius 1 is 1.29 bits per heavy atom. The lowest BCUT2D eigenvalue weighted by Crippen LogP contribution is -2.47. The third-order valence-corrected chi connectivity index (χ3v) is 5.46. The second kappa shape index (κ2) is 7.74. The van der Waals surface area contributed by atoms with E-state index in [-0.39, 0.29) is 24.2 Å². The summed E-state index contributed by atoms with van der Waals surface area (Å²) in [5.41, 5.74) is 0. The molecule has 1 heterocycles. The number of esters is 1. The third kappa shape index (κ3) is 4.96. The van der Waals surface area contributed by atoms with Crippen LogP contribution in [0.3, 0.4) is 0 Å². The lowest BCUT2D eigenvalue weighted by Gasteiger charge is -2.30. The van der Waals surface area contributed by atoms with E-state index < -0.39 is 22.0 Å². The molecule has 1 amide bonds. The Morgan fingerprint density at radius 2 is 1.86 bits per heavy atom. The van der Waals surface area contributed by atoms with E-state index in [0.29, 0.717) is 25.9 Å². The smallest absolute Gasteiger partial charge is 0.328 e. The molecule has 0 aliphatic carbocycles. The highest BCUT2D eigenvalue weighted by molar-refractivity contribution is 7.89. The van der Waals surface area contributed by atoms with Crippen molar-refractivity contribution in [2.24, 2.45) is 5.92 Å². The van der Waals surface area contributed by atoms with Gasteiger partial charge in [-0.15, -0.1) is 0 Å². The first-order valence-corrected chi connectivity index (χ1v) is 8.87. The summed E-state index contributed by atoms with van der Waals surface area (Å²) in [7, 11) is -3.19. The van der Waals surface area contributed by atoms with Crippen LogP contribution in [0.5, 0.6) is 0 Å². The summed E-state index contributed by atoms with van der Waals surface area (Å²) in [6, 6.07) is -0.685. The largest absolute Gasteiger partial charge is 0.464 e. The number of amides is 1. The van der Waals surface area contributed by atoms with Crippen LogP contribution in [-0.2, 0) is 24.3 Å². The molecule has 0 bridgehead atoms. The first-order valence-electron chi connectivity index (χ1n) is 7.26. The summed E-state index contributed by atoms with van der Waals surface area (Å²) in [4.78, 5) is 23.5. The van der Waals surface area contributed by atoms with Crippen molar-refractivity contribution >= 4 is 21.9 Å². The third-order valence-electron chi connectivity index (χ3n) is 3.58. The van der Waals surface area contributed by atoms with Crippen LogP contribution in [0, 0.1) is 5.92 Å². The van der Waals surface area contributed by atoms with Crippen molar-refractivity contribution in [2.75, 3.05) is 25.4 Å². The molecular formula is C13H24N2O5S. The van der Waals surface area contributed by atoms with Gasteiger partial charge in [-0.25, -0.2) is 17.5 Å². The van der Waals surface area contributed by atoms with Gasteiger partial charge in [-0.1, -0.05) is 0 Å². The Labute approximate surface area is 126 Å². The fourth-order valence-corrected chi connectivity index (χ4v) is 3.37. The Balaban J connectivity index is 2.47. The first kappa shape index (κ1) is 17.9. The normalized spacial score (nSPS) is 19.0. The molecule has 0 aromatic rings. The van der Waals surface area contributed by atoms with Gasteiger partial charge in [-0.3, -0.25) is 4.79 Å². The van der Waals surface area contributed by atoms with Crippen LogP contribution in [0.1, 0.15) is 33.6 Å². The number of ether oxygens (including phenoxy) is 1. The number of nitrogens with one attached hydrogen (secondary N) is 1. The Bertz CT molecular complexity index is 469. The molecule has 1 fully saturated rings. The van der Waals surface area contributed by atoms with Crippen molar-refractivity contribution in [3.8, 4) is 0 Å². The fraction of sp³-hybridized carbons (Fsp3) is 0.846. The number of hydrogen-bond acceptors (Lipinski definition) is 5. The average Bonchev–Trinajstić information content (AvgIpc) is 2.47. The molecule has 1 atom stereocenters. The highest BCUT2D eigenvalue weighted by atomic mass is 32.2. The molecule has 8 heteroatoms. The fourth-order valence-electron chi connectivity index (χ4n) is 2.24. The lowest BCUT2D eigenvalue weighted by molar-refractivity contribution is -0.147. The van der Waals surface area contributed by atoms with Crippen LogP contribution in [0.25, 0.3) is 0 Å². The van der Waals surface area contributed by atoms with Gasteiger partial charge in [0.05, 0.1) is 12.4 Å². The van der Waals surface area contributed by atoms with Crippen LogP contribution >= 0.6 is 0 Å². The van der Waals surface area contributed by atoms with Gasteiger partial charge < -0.3 is 10.1 Å². The predicted octanol–water partition coefficient (Wildman–Crippen LogP) is 0.116. The average molecular weight is 320 g/mol. The van der Waals surface area contributed by atoms with Crippen LogP contribution in [-0.4, -0.2) is 56.1 Å². The van der Waals surface area contributed by atoms with Crippen molar-refractivity contribution in [2.45, 2.75) is 39.7 Å². The van der Waals surface area contributed by atoms with Crippen molar-refractivity contribution in [3.05, 3.63) is 0 Å². The molecule has 0 saturated carbocycles. The van der Waals surface area contributed by atoms with Gasteiger partial charge in [0.2, 0.25) is 15.9 Å². The van der Waals surface area contributed by atoms with Crippen molar-refractivity contribution in [1.82, 2.24) is 9.62 Å². The minimum absolute atomic E-state index is 0.0732. The maximum absolute atomic E-state index is 12.1. The molecule has 1 rings (SSSR count). The molecule has 1 aliphatic heterocycles. The number of piperidine rings is 1. The maximum atomic E-state index is 12.1. The number of nitrogens with zero attached hydrogens (tertiary/aromatic N) is 1. The number of carbonyl (C=O) groups excluding carboxylic acids is 2. The van der Waals surface area contributed by atoms with Gasteiger partial charge in [-0.2, -0.15) is 0 Å². The standard InChI is InChI=1S/C13H24N2O5S/c1-4-20-13(17)10(3)14-12(16)11-6-8-15(9-7-11)21(18,19)5-2/h10-11H,4-9H2,1-3H3,(H,14,16). The Kier molecular flexibility index (Phi) is 6.60. The van der Waals surface area contributed by atoms with E-state index in [0.717, 1.165) is 0 Å². The SMILES string of the molecule is CCOC(=O)C(C)NC(=O)C1CCN(S(=O)(=O)CC)CC1. The molecule has 1 saturated heterocycles. The summed E-state index contributed by atoms with van der Waals surface area (Å²) in [5.74, 6) is -0.866. The van der Waals surface area contributed by atoms with Crippen molar-refractivity contribution in [1.29, 1.82) is 0 Å². The second-order valence-corrected chi connectivity index (χ2v) is 7.31. The number of rotatable bonds is 6. The van der Waals surface area contributed by atoms with Crippen LogP contribution < -0.4 is 5.32 Å². The van der Waals surface area contributed by atoms with Crippen LogP contribution in [0.15, 0.2) is 0 Å². The Morgan fingerprint density at radius 3 is 2.33 bits per heavy atom. The van der Waals surface area contributed by atoms with Gasteiger partial charge >= 0.3 is 5.97 Å². The minimum Gasteiger partial charge on any atom is -0.464 e. The van der Waals surface area contributed by atoms with Crippen molar-refractivity contribution < 1.29 is 22.7 Å². The topological polar surface area (TPSA) is 92.8 Å². The second-order valence-electron chi connectivity index (χ2n) is 5.06. The van der Waals surface area contributed by atoms with E-state index >= 15 is 0 Å². The van der Waals surface area contributed by atoms with Gasteiger partial charge in [0, 0.05) is 19.0 Å². The van der Waals surface area contributed by atoms with Gasteiger partial charge in [0.15, 0.2) is 0 Å². The Hall–Kier alpha value is -1.15. The molecule has 7 nitrogen and oxygen atoms in total. The highest BCUT2D eigenvalue weighted by Gasteiger charge is 2.31. The monoisotopic (exact) mass is 320 g/mol. The van der Waals surface area contributed by atoms with Gasteiger partial charge in [-0.05, 0) is 33.6 Å². The summed E-state index contributed by atoms with van der Waals surface area (Å²) in [5, 5.41) is 2.62. The molecule has 1 unspecified atom stereocenters. The summed E-state index contributed by atoms with van der Waals surface area (Å²) >= 11 is 0. The van der Waals surface area contributed by atoms with Crippen LogP contribution in [0.4, 0.5) is 0 Å². The molecule has 0 radical (unpaired) electrons. The zero-order valence-electron chi connectivity index (χ0n) is 12.8. The summed E-state index contributed by atoms with van der Waals surface area (Å²) in [6.45, 7) is 5.86. The molecule has 21 heavy (non-hydrogen) atoms. The molecule has 0 aromatic heterocycles. The zero-order chi connectivity index (χ0) is 16.0. The lowest BCUT2D eigenvalue weighted by atomic mass is 9.97. The molecule has 1 aliphatic rings. The van der Waals surface area contributed by atoms with E-state index in [1.54, 1.807) is 20.8 Å². The van der Waals surface area contributed by atoms with E-state index in [4.69, 9.17) is 4.74 Å². The van der Waals surface area contributed by atoms with E-state index in [1.165, 1.54) is 4.31 Å². The predicted molar refractivity (Wildman–Crippen MR) is 78.0 cm³/mol. The molecular weight excluding hydrogens is 296 g/mol. The zero-order valence-corrected chi connectivity index (χ0v) is 13.6. The number of carbonyl (C=O) groups is 2. The highest BCUT2D eigenvalue weighted by Crippen LogP contribution is 2.20. The molecule has 122 valence electrons. The molecule has 0 aromatic carbocycles. The van der Waals surface area contributed by atoms with E-state index in [9.17, 15) is 18.0 Å². The number of sulfonamides is 1. The molecule has 0 spiro atoms. The minimum atomic E-state index is -3.19. The quantitative estimate of drug-likeness (QED) is 0.702. The van der Waals surface area contributed by atoms with Crippen molar-refractivity contribution in [3.63, 3.8) is 0 Å². The summed E-state index contributed by atoms with van der Waals surface area (Å²) in [6.07, 6.45) is 0.946. The maximum Gasteiger partial charge on any atom is 0.328 e. The van der Waals surface area contributed by atoms with E-state index in [1.807, 2.05) is 0 Å². The first-order chi connectivity index (χ1) is 9.81. The van der Waals surface area contributed by atoms with Gasteiger partial charge in [0.25, 0.3) is 0 Å². The van der Waals surface area contributed by atoms with E-state index in [2.05, 4.69) is 5.32 Å².